The van der Waals surface area contributed by atoms with Crippen LogP contribution in [-0.2, 0) is 5.60 Å². The second kappa shape index (κ2) is 13.1. The van der Waals surface area contributed by atoms with Crippen LogP contribution in [0, 0.1) is 3.57 Å². The third-order valence-corrected chi connectivity index (χ3v) is 10.1. The lowest BCUT2D eigenvalue weighted by molar-refractivity contribution is 0.0792. The molecule has 0 unspecified atom stereocenters. The maximum atomic E-state index is 11.8. The first-order valence-corrected chi connectivity index (χ1v) is 17.7. The van der Waals surface area contributed by atoms with Gasteiger partial charge in [-0.2, -0.15) is 0 Å². The number of hydrogen-bond donors (Lipinski definition) is 1. The summed E-state index contributed by atoms with van der Waals surface area (Å²) in [5.41, 5.74) is 7.23. The number of anilines is 4. The molecule has 6 aromatic rings. The van der Waals surface area contributed by atoms with Crippen molar-refractivity contribution in [3.63, 3.8) is 0 Å². The van der Waals surface area contributed by atoms with E-state index in [0.717, 1.165) is 77.4 Å². The van der Waals surface area contributed by atoms with E-state index < -0.39 is 5.60 Å². The van der Waals surface area contributed by atoms with Crippen LogP contribution in [0.2, 0.25) is 0 Å². The third-order valence-electron chi connectivity index (χ3n) is 9.25. The number of fused-ring (bicyclic) bond motifs is 2. The number of nitrogens with zero attached hydrogens (tertiary/aromatic N) is 3. The number of rotatable bonds is 8. The van der Waals surface area contributed by atoms with Gasteiger partial charge in [-0.1, -0.05) is 66.7 Å². The van der Waals surface area contributed by atoms with E-state index in [4.69, 9.17) is 9.47 Å². The Hall–Kier alpha value is -4.83. The highest BCUT2D eigenvalue weighted by Crippen LogP contribution is 2.54. The Morgan fingerprint density at radius 3 is 2.08 bits per heavy atom. The normalized spacial score (nSPS) is 13.1. The highest BCUT2D eigenvalue weighted by Gasteiger charge is 2.37. The van der Waals surface area contributed by atoms with E-state index in [1.807, 2.05) is 88.6 Å². The average molecular weight is 775 g/mol. The number of aliphatic hydroxyl groups is 1. The first kappa shape index (κ1) is 33.7. The summed E-state index contributed by atoms with van der Waals surface area (Å²) in [6.07, 6.45) is 0. The predicted octanol–water partition coefficient (Wildman–Crippen LogP) is 11.5. The van der Waals surface area contributed by atoms with Crippen molar-refractivity contribution in [1.82, 2.24) is 4.48 Å². The zero-order valence-corrected chi connectivity index (χ0v) is 31.3. The van der Waals surface area contributed by atoms with Gasteiger partial charge in [-0.3, -0.25) is 4.48 Å². The number of hydrogen-bond acceptors (Lipinski definition) is 5. The van der Waals surface area contributed by atoms with Crippen molar-refractivity contribution in [2.24, 2.45) is 0 Å². The maximum Gasteiger partial charge on any atom is 0.196 e. The van der Waals surface area contributed by atoms with Gasteiger partial charge in [0.15, 0.2) is 28.6 Å². The molecule has 7 heteroatoms. The second-order valence-corrected chi connectivity index (χ2v) is 14.9. The summed E-state index contributed by atoms with van der Waals surface area (Å²) in [7, 11) is 8.41. The Balaban J connectivity index is 1.44. The largest absolute Gasteiger partial charge is 0.452 e. The van der Waals surface area contributed by atoms with E-state index >= 15 is 0 Å². The van der Waals surface area contributed by atoms with Crippen LogP contribution in [0.4, 0.5) is 34.1 Å². The first-order valence-electron chi connectivity index (χ1n) is 16.7. The van der Waals surface area contributed by atoms with Gasteiger partial charge in [0, 0.05) is 43.2 Å². The Kier molecular flexibility index (Phi) is 8.84. The Bertz CT molecular complexity index is 2190. The lowest BCUT2D eigenvalue weighted by Crippen LogP contribution is -2.36. The lowest BCUT2D eigenvalue weighted by Gasteiger charge is -2.36. The molecule has 0 amide bonds. The number of benzene rings is 6. The zero-order valence-electron chi connectivity index (χ0n) is 29.2. The standard InChI is InChI=1S/C43H41IN3O3/c1-43(2,48)33-28-30(26-27-31(33)32-18-14-23-38-41(32)50-40-25-13-11-22-37(40)47(38,5)6)46(29-16-8-7-9-17-29)36-21-15-20-35(45(3)4)42(36)49-39-24-12-10-19-34(39)44/h7-28,48H,1-6H3/q+1. The van der Waals surface area contributed by atoms with Gasteiger partial charge in [0.2, 0.25) is 0 Å². The molecule has 0 aliphatic carbocycles. The summed E-state index contributed by atoms with van der Waals surface area (Å²) in [5.74, 6) is 3.13. The molecule has 7 rings (SSSR count). The van der Waals surface area contributed by atoms with Crippen LogP contribution in [-0.4, -0.2) is 33.3 Å². The molecule has 0 fully saturated rings. The lowest BCUT2D eigenvalue weighted by atomic mass is 9.87. The van der Waals surface area contributed by atoms with E-state index in [-0.39, 0.29) is 0 Å². The van der Waals surface area contributed by atoms with E-state index in [9.17, 15) is 5.11 Å². The van der Waals surface area contributed by atoms with Gasteiger partial charge in [0.05, 0.1) is 34.6 Å². The molecule has 0 saturated carbocycles. The maximum absolute atomic E-state index is 11.8. The molecule has 1 heterocycles. The van der Waals surface area contributed by atoms with E-state index in [2.05, 4.69) is 119 Å². The zero-order chi connectivity index (χ0) is 35.2. The van der Waals surface area contributed by atoms with Crippen molar-refractivity contribution in [3.05, 3.63) is 143 Å². The van der Waals surface area contributed by atoms with Gasteiger partial charge >= 0.3 is 0 Å². The van der Waals surface area contributed by atoms with Crippen molar-refractivity contribution >= 4 is 56.7 Å². The van der Waals surface area contributed by atoms with Crippen molar-refractivity contribution in [1.29, 1.82) is 0 Å². The highest BCUT2D eigenvalue weighted by molar-refractivity contribution is 14.1. The average Bonchev–Trinajstić information content (AvgIpc) is 3.10. The summed E-state index contributed by atoms with van der Waals surface area (Å²) in [6, 6.07) is 45.3. The van der Waals surface area contributed by atoms with Gasteiger partial charge in [0.25, 0.3) is 0 Å². The Morgan fingerprint density at radius 2 is 1.34 bits per heavy atom. The fourth-order valence-electron chi connectivity index (χ4n) is 6.73. The molecule has 6 nitrogen and oxygen atoms in total. The first-order chi connectivity index (χ1) is 23.9. The van der Waals surface area contributed by atoms with Crippen LogP contribution in [0.5, 0.6) is 23.0 Å². The molecule has 0 bridgehead atoms. The number of quaternary nitrogens is 1. The number of halogens is 1. The van der Waals surface area contributed by atoms with Gasteiger partial charge in [0.1, 0.15) is 5.75 Å². The fourth-order valence-corrected chi connectivity index (χ4v) is 7.23. The molecule has 0 atom stereocenters. The van der Waals surface area contributed by atoms with Gasteiger partial charge in [-0.25, -0.2) is 0 Å². The molecule has 1 aliphatic rings. The summed E-state index contributed by atoms with van der Waals surface area (Å²) in [6.45, 7) is 3.68. The number of para-hydroxylation sites is 6. The minimum atomic E-state index is -1.18. The van der Waals surface area contributed by atoms with Crippen LogP contribution in [0.15, 0.2) is 133 Å². The molecule has 1 N–H and O–H groups in total. The Morgan fingerprint density at radius 1 is 0.680 bits per heavy atom. The molecule has 0 aromatic heterocycles. The minimum absolute atomic E-state index is 0.544. The molecule has 0 radical (unpaired) electrons. The van der Waals surface area contributed by atoms with Crippen molar-refractivity contribution < 1.29 is 14.6 Å². The van der Waals surface area contributed by atoms with Crippen LogP contribution in [0.1, 0.15) is 19.4 Å². The SMILES string of the molecule is CN(C)c1cccc(N(c2ccccc2)c2ccc(-c3cccc4c3Oc3ccccc3[N+]4(C)C)c(C(C)(C)O)c2)c1Oc1ccccc1I. The third kappa shape index (κ3) is 6.10. The van der Waals surface area contributed by atoms with E-state index in [0.29, 0.717) is 4.48 Å². The van der Waals surface area contributed by atoms with E-state index in [1.54, 1.807) is 0 Å². The molecule has 6 aromatic carbocycles. The molecule has 50 heavy (non-hydrogen) atoms. The number of ether oxygens (including phenoxy) is 2. The van der Waals surface area contributed by atoms with Crippen LogP contribution >= 0.6 is 22.6 Å². The molecule has 0 saturated heterocycles. The summed E-state index contributed by atoms with van der Waals surface area (Å²) in [5, 5.41) is 11.8. The monoisotopic (exact) mass is 774 g/mol. The highest BCUT2D eigenvalue weighted by atomic mass is 127. The summed E-state index contributed by atoms with van der Waals surface area (Å²) < 4.78 is 15.0. The fraction of sp³-hybridized carbons (Fsp3) is 0.163. The van der Waals surface area contributed by atoms with Gasteiger partial charge in [-0.15, -0.1) is 0 Å². The summed E-state index contributed by atoms with van der Waals surface area (Å²) >= 11 is 2.32. The topological polar surface area (TPSA) is 45.2 Å². The minimum Gasteiger partial charge on any atom is -0.452 e. The van der Waals surface area contributed by atoms with Crippen molar-refractivity contribution in [2.75, 3.05) is 38.0 Å². The molecular formula is C43H41IN3O3+. The van der Waals surface area contributed by atoms with E-state index in [1.165, 1.54) is 0 Å². The van der Waals surface area contributed by atoms with Crippen LogP contribution in [0.25, 0.3) is 11.1 Å². The molecular weight excluding hydrogens is 733 g/mol. The van der Waals surface area contributed by atoms with Gasteiger partial charge in [-0.05, 0) is 102 Å². The summed E-state index contributed by atoms with van der Waals surface area (Å²) in [4.78, 5) is 4.27. The quantitative estimate of drug-likeness (QED) is 0.123. The predicted molar refractivity (Wildman–Crippen MR) is 215 cm³/mol. The van der Waals surface area contributed by atoms with Gasteiger partial charge < -0.3 is 24.4 Å². The van der Waals surface area contributed by atoms with Crippen molar-refractivity contribution in [3.8, 4) is 34.1 Å². The van der Waals surface area contributed by atoms with Crippen molar-refractivity contribution in [2.45, 2.75) is 19.4 Å². The molecule has 1 aliphatic heterocycles. The second-order valence-electron chi connectivity index (χ2n) is 13.7. The Labute approximate surface area is 308 Å². The molecule has 0 spiro atoms. The van der Waals surface area contributed by atoms with Crippen LogP contribution in [0.3, 0.4) is 0 Å². The van der Waals surface area contributed by atoms with Crippen LogP contribution < -0.4 is 23.8 Å². The smallest absolute Gasteiger partial charge is 0.196 e. The molecule has 252 valence electrons.